The average molecular weight is 151 g/mol. The van der Waals surface area contributed by atoms with E-state index in [9.17, 15) is 0 Å². The zero-order chi connectivity index (χ0) is 7.94. The largest absolute Gasteiger partial charge is 0.313 e. The van der Waals surface area contributed by atoms with E-state index < -0.39 is 0 Å². The molecule has 0 saturated carbocycles. The Morgan fingerprint density at radius 3 is 2.64 bits per heavy atom. The second-order valence-corrected chi connectivity index (χ2v) is 2.66. The van der Waals surface area contributed by atoms with E-state index >= 15 is 0 Å². The molecule has 1 rings (SSSR count). The SMILES string of the molecule is CCCNCc1ccccc1.[HH]. The Hall–Kier alpha value is -0.820. The first kappa shape index (κ1) is 8.28. The van der Waals surface area contributed by atoms with Crippen LogP contribution in [0.5, 0.6) is 0 Å². The molecule has 0 heterocycles. The number of nitrogens with one attached hydrogen (secondary N) is 1. The van der Waals surface area contributed by atoms with Crippen molar-refractivity contribution in [1.82, 2.24) is 5.32 Å². The van der Waals surface area contributed by atoms with Gasteiger partial charge in [0.1, 0.15) is 0 Å². The van der Waals surface area contributed by atoms with E-state index in [-0.39, 0.29) is 1.43 Å². The zero-order valence-corrected chi connectivity index (χ0v) is 7.01. The second kappa shape index (κ2) is 4.91. The van der Waals surface area contributed by atoms with Gasteiger partial charge in [-0.3, -0.25) is 0 Å². The molecule has 0 aliphatic carbocycles. The van der Waals surface area contributed by atoms with E-state index in [1.807, 2.05) is 6.07 Å². The summed E-state index contributed by atoms with van der Waals surface area (Å²) in [7, 11) is 0. The molecule has 0 radical (unpaired) electrons. The summed E-state index contributed by atoms with van der Waals surface area (Å²) in [5, 5.41) is 3.35. The third-order valence-electron chi connectivity index (χ3n) is 1.60. The van der Waals surface area contributed by atoms with Gasteiger partial charge in [-0.15, -0.1) is 0 Å². The van der Waals surface area contributed by atoms with Crippen LogP contribution < -0.4 is 5.32 Å². The standard InChI is InChI=1S/C10H15N.H2/c1-2-8-11-9-10-6-4-3-5-7-10;/h3-7,11H,2,8-9H2,1H3;1H. The molecular formula is C10H17N. The van der Waals surface area contributed by atoms with Gasteiger partial charge in [-0.2, -0.15) is 0 Å². The maximum atomic E-state index is 3.35. The molecule has 0 aliphatic heterocycles. The van der Waals surface area contributed by atoms with Crippen molar-refractivity contribution in [3.8, 4) is 0 Å². The predicted molar refractivity (Wildman–Crippen MR) is 50.6 cm³/mol. The lowest BCUT2D eigenvalue weighted by molar-refractivity contribution is 0.675. The molecule has 0 amide bonds. The zero-order valence-electron chi connectivity index (χ0n) is 7.01. The highest BCUT2D eigenvalue weighted by Gasteiger charge is 1.87. The van der Waals surface area contributed by atoms with Crippen molar-refractivity contribution < 1.29 is 1.43 Å². The minimum Gasteiger partial charge on any atom is -0.313 e. The summed E-state index contributed by atoms with van der Waals surface area (Å²) in [4.78, 5) is 0. The summed E-state index contributed by atoms with van der Waals surface area (Å²) >= 11 is 0. The molecular weight excluding hydrogens is 134 g/mol. The van der Waals surface area contributed by atoms with E-state index in [1.54, 1.807) is 0 Å². The first-order valence-electron chi connectivity index (χ1n) is 4.18. The van der Waals surface area contributed by atoms with Crippen molar-refractivity contribution in [2.45, 2.75) is 19.9 Å². The molecule has 1 aromatic rings. The molecule has 1 nitrogen and oxygen atoms in total. The molecule has 0 atom stereocenters. The first-order chi connectivity index (χ1) is 5.43. The second-order valence-electron chi connectivity index (χ2n) is 2.66. The van der Waals surface area contributed by atoms with Gasteiger partial charge in [0.25, 0.3) is 0 Å². The summed E-state index contributed by atoms with van der Waals surface area (Å²) in [6, 6.07) is 10.5. The fraction of sp³-hybridized carbons (Fsp3) is 0.400. The topological polar surface area (TPSA) is 12.0 Å². The summed E-state index contributed by atoms with van der Waals surface area (Å²) < 4.78 is 0. The smallest absolute Gasteiger partial charge is 0.0205 e. The maximum absolute atomic E-state index is 3.35. The fourth-order valence-electron chi connectivity index (χ4n) is 1.01. The first-order valence-corrected chi connectivity index (χ1v) is 4.18. The third kappa shape index (κ3) is 3.19. The summed E-state index contributed by atoms with van der Waals surface area (Å²) in [6.07, 6.45) is 1.20. The van der Waals surface area contributed by atoms with Crippen molar-refractivity contribution in [2.24, 2.45) is 0 Å². The van der Waals surface area contributed by atoms with E-state index in [4.69, 9.17) is 0 Å². The number of hydrogen-bond acceptors (Lipinski definition) is 1. The van der Waals surface area contributed by atoms with Crippen LogP contribution in [0.25, 0.3) is 0 Å². The van der Waals surface area contributed by atoms with Crippen LogP contribution in [0.2, 0.25) is 0 Å². The van der Waals surface area contributed by atoms with Crippen molar-refractivity contribution >= 4 is 0 Å². The fourth-order valence-corrected chi connectivity index (χ4v) is 1.01. The Kier molecular flexibility index (Phi) is 3.70. The van der Waals surface area contributed by atoms with Crippen LogP contribution >= 0.6 is 0 Å². The Morgan fingerprint density at radius 2 is 2.00 bits per heavy atom. The maximum Gasteiger partial charge on any atom is 0.0205 e. The minimum atomic E-state index is 0. The highest BCUT2D eigenvalue weighted by atomic mass is 14.8. The van der Waals surface area contributed by atoms with Crippen LogP contribution in [0.4, 0.5) is 0 Å². The van der Waals surface area contributed by atoms with Crippen LogP contribution in [0, 0.1) is 0 Å². The lowest BCUT2D eigenvalue weighted by atomic mass is 10.2. The number of rotatable bonds is 4. The quantitative estimate of drug-likeness (QED) is 0.652. The molecule has 62 valence electrons. The average Bonchev–Trinajstić information content (AvgIpc) is 2.07. The van der Waals surface area contributed by atoms with Gasteiger partial charge in [-0.05, 0) is 18.5 Å². The molecule has 1 heteroatoms. The Balaban J connectivity index is 0.00000121. The molecule has 11 heavy (non-hydrogen) atoms. The highest BCUT2D eigenvalue weighted by molar-refractivity contribution is 5.14. The van der Waals surface area contributed by atoms with Gasteiger partial charge in [0.2, 0.25) is 0 Å². The molecule has 0 spiro atoms. The van der Waals surface area contributed by atoms with Crippen molar-refractivity contribution in [2.75, 3.05) is 6.54 Å². The monoisotopic (exact) mass is 151 g/mol. The lowest BCUT2D eigenvalue weighted by Crippen LogP contribution is -2.13. The van der Waals surface area contributed by atoms with E-state index in [0.29, 0.717) is 0 Å². The van der Waals surface area contributed by atoms with Gasteiger partial charge < -0.3 is 5.32 Å². The number of hydrogen-bond donors (Lipinski definition) is 1. The van der Waals surface area contributed by atoms with Crippen LogP contribution in [-0.2, 0) is 6.54 Å². The molecule has 1 aromatic carbocycles. The summed E-state index contributed by atoms with van der Waals surface area (Å²) in [5.74, 6) is 0. The van der Waals surface area contributed by atoms with E-state index in [1.165, 1.54) is 12.0 Å². The van der Waals surface area contributed by atoms with Gasteiger partial charge in [-0.1, -0.05) is 37.3 Å². The van der Waals surface area contributed by atoms with Crippen LogP contribution in [-0.4, -0.2) is 6.54 Å². The molecule has 0 unspecified atom stereocenters. The van der Waals surface area contributed by atoms with Crippen molar-refractivity contribution in [1.29, 1.82) is 0 Å². The van der Waals surface area contributed by atoms with Gasteiger partial charge in [0.15, 0.2) is 0 Å². The van der Waals surface area contributed by atoms with E-state index in [2.05, 4.69) is 36.5 Å². The summed E-state index contributed by atoms with van der Waals surface area (Å²) in [5.41, 5.74) is 1.36. The normalized spacial score (nSPS) is 9.91. The summed E-state index contributed by atoms with van der Waals surface area (Å²) in [6.45, 7) is 4.28. The Bertz CT molecular complexity index is 186. The molecule has 0 aromatic heterocycles. The number of benzene rings is 1. The van der Waals surface area contributed by atoms with Gasteiger partial charge in [0.05, 0.1) is 0 Å². The van der Waals surface area contributed by atoms with Crippen molar-refractivity contribution in [3.63, 3.8) is 0 Å². The highest BCUT2D eigenvalue weighted by Crippen LogP contribution is 1.96. The van der Waals surface area contributed by atoms with Crippen LogP contribution in [0.15, 0.2) is 30.3 Å². The van der Waals surface area contributed by atoms with Gasteiger partial charge in [0, 0.05) is 7.97 Å². The molecule has 0 aliphatic rings. The lowest BCUT2D eigenvalue weighted by Gasteiger charge is -2.01. The van der Waals surface area contributed by atoms with Gasteiger partial charge in [-0.25, -0.2) is 0 Å². The van der Waals surface area contributed by atoms with Gasteiger partial charge >= 0.3 is 0 Å². The Labute approximate surface area is 69.9 Å². The molecule has 1 N–H and O–H groups in total. The van der Waals surface area contributed by atoms with Crippen LogP contribution in [0.3, 0.4) is 0 Å². The molecule has 0 bridgehead atoms. The Morgan fingerprint density at radius 1 is 1.27 bits per heavy atom. The molecule has 0 fully saturated rings. The third-order valence-corrected chi connectivity index (χ3v) is 1.60. The minimum absolute atomic E-state index is 0. The van der Waals surface area contributed by atoms with E-state index in [0.717, 1.165) is 13.1 Å². The predicted octanol–water partition coefficient (Wildman–Crippen LogP) is 2.43. The van der Waals surface area contributed by atoms with Crippen molar-refractivity contribution in [3.05, 3.63) is 35.9 Å². The molecule has 0 saturated heterocycles. The van der Waals surface area contributed by atoms with Crippen LogP contribution in [0.1, 0.15) is 20.3 Å².